The lowest BCUT2D eigenvalue weighted by Crippen LogP contribution is -2.20. The van der Waals surface area contributed by atoms with E-state index in [0.29, 0.717) is 8.64 Å². The molecule has 0 spiro atoms. The summed E-state index contributed by atoms with van der Waals surface area (Å²) < 4.78 is 0.922. The summed E-state index contributed by atoms with van der Waals surface area (Å²) >= 11 is 18.8. The molecule has 0 aliphatic carbocycles. The van der Waals surface area contributed by atoms with Gasteiger partial charge in [-0.05, 0) is 12.8 Å². The minimum Gasteiger partial charge on any atom is -0.412 e. The standard InChI is InChI=1S/C8H16N2S4/c11-7(12)9-5-3-1-2-4-6-10-8(13)14/h1-6H2,(H2,9,11,12)(H2,10,13,14)/p-2. The molecule has 0 aliphatic heterocycles. The summed E-state index contributed by atoms with van der Waals surface area (Å²) in [6.07, 6.45) is 4.57. The van der Waals surface area contributed by atoms with E-state index in [1.807, 2.05) is 0 Å². The van der Waals surface area contributed by atoms with E-state index in [1.54, 1.807) is 0 Å². The minimum absolute atomic E-state index is 0.461. The molecule has 0 saturated heterocycles. The van der Waals surface area contributed by atoms with Crippen molar-refractivity contribution in [2.45, 2.75) is 25.7 Å². The molecule has 0 saturated carbocycles. The molecule has 0 amide bonds. The summed E-state index contributed by atoms with van der Waals surface area (Å²) in [5.74, 6) is 0. The van der Waals surface area contributed by atoms with Crippen LogP contribution in [0.1, 0.15) is 25.7 Å². The molecule has 0 unspecified atom stereocenters. The molecule has 0 heterocycles. The van der Waals surface area contributed by atoms with Crippen molar-refractivity contribution in [3.05, 3.63) is 0 Å². The van der Waals surface area contributed by atoms with Gasteiger partial charge in [0.25, 0.3) is 0 Å². The molecule has 0 rings (SSSR count). The Hall–Kier alpha value is 0.220. The maximum atomic E-state index is 4.71. The predicted molar refractivity (Wildman–Crippen MR) is 74.4 cm³/mol. The quantitative estimate of drug-likeness (QED) is 0.410. The van der Waals surface area contributed by atoms with Crippen LogP contribution in [0.15, 0.2) is 0 Å². The maximum absolute atomic E-state index is 4.71. The van der Waals surface area contributed by atoms with Gasteiger partial charge in [-0.25, -0.2) is 0 Å². The minimum atomic E-state index is 0.461. The molecule has 6 heteroatoms. The van der Waals surface area contributed by atoms with Crippen LogP contribution in [0, 0.1) is 0 Å². The van der Waals surface area contributed by atoms with E-state index in [9.17, 15) is 0 Å². The Morgan fingerprint density at radius 2 is 1.14 bits per heavy atom. The fraction of sp³-hybridized carbons (Fsp3) is 0.750. The number of rotatable bonds is 7. The van der Waals surface area contributed by atoms with Crippen LogP contribution in [0.4, 0.5) is 0 Å². The van der Waals surface area contributed by atoms with Gasteiger partial charge in [0.15, 0.2) is 0 Å². The van der Waals surface area contributed by atoms with Crippen LogP contribution in [0.2, 0.25) is 0 Å². The largest absolute Gasteiger partial charge is 0.412 e. The van der Waals surface area contributed by atoms with Crippen LogP contribution in [0.3, 0.4) is 0 Å². The number of hydrogen-bond donors (Lipinski definition) is 2. The van der Waals surface area contributed by atoms with E-state index >= 15 is 0 Å². The molecule has 0 aromatic rings. The van der Waals surface area contributed by atoms with E-state index in [4.69, 9.17) is 49.7 Å². The third-order valence-corrected chi connectivity index (χ3v) is 2.22. The molecule has 2 N–H and O–H groups in total. The molecule has 0 radical (unpaired) electrons. The Kier molecular flexibility index (Phi) is 9.92. The third kappa shape index (κ3) is 12.2. The normalized spacial score (nSPS) is 9.43. The Labute approximate surface area is 107 Å². The van der Waals surface area contributed by atoms with Gasteiger partial charge in [0.1, 0.15) is 0 Å². The number of nitrogens with one attached hydrogen (secondary N) is 2. The van der Waals surface area contributed by atoms with Crippen LogP contribution >= 0.6 is 24.4 Å². The first kappa shape index (κ1) is 14.2. The second-order valence-corrected chi connectivity index (χ2v) is 4.99. The fourth-order valence-corrected chi connectivity index (χ4v) is 1.39. The smallest absolute Gasteiger partial charge is 0.0132 e. The zero-order chi connectivity index (χ0) is 10.8. The lowest BCUT2D eigenvalue weighted by atomic mass is 10.2. The van der Waals surface area contributed by atoms with Gasteiger partial charge < -0.3 is 60.3 Å². The molecular formula is C8H14N2S4-2. The van der Waals surface area contributed by atoms with E-state index in [1.165, 1.54) is 12.8 Å². The van der Waals surface area contributed by atoms with Crippen LogP contribution in [0.5, 0.6) is 0 Å². The number of hydrogen-bond acceptors (Lipinski definition) is 4. The van der Waals surface area contributed by atoms with Gasteiger partial charge in [-0.15, -0.1) is 0 Å². The van der Waals surface area contributed by atoms with Crippen molar-refractivity contribution >= 4 is 58.3 Å². The molecule has 0 aromatic carbocycles. The Morgan fingerprint density at radius 1 is 0.786 bits per heavy atom. The highest BCUT2D eigenvalue weighted by atomic mass is 32.1. The van der Waals surface area contributed by atoms with Gasteiger partial charge in [0, 0.05) is 13.1 Å². The van der Waals surface area contributed by atoms with Crippen molar-refractivity contribution < 1.29 is 0 Å². The highest BCUT2D eigenvalue weighted by Gasteiger charge is 1.88. The maximum Gasteiger partial charge on any atom is 0.0132 e. The van der Waals surface area contributed by atoms with E-state index in [2.05, 4.69) is 10.6 Å². The molecule has 0 atom stereocenters. The second-order valence-electron chi connectivity index (χ2n) is 2.84. The molecule has 82 valence electrons. The average molecular weight is 266 g/mol. The average Bonchev–Trinajstić information content (AvgIpc) is 2.08. The first-order valence-electron chi connectivity index (χ1n) is 4.52. The predicted octanol–water partition coefficient (Wildman–Crippen LogP) is 1.39. The van der Waals surface area contributed by atoms with Crippen molar-refractivity contribution in [2.24, 2.45) is 0 Å². The second kappa shape index (κ2) is 9.76. The summed E-state index contributed by atoms with van der Waals surface area (Å²) in [6.45, 7) is 1.77. The van der Waals surface area contributed by atoms with Crippen molar-refractivity contribution in [1.82, 2.24) is 10.6 Å². The summed E-state index contributed by atoms with van der Waals surface area (Å²) in [6, 6.07) is 0. The van der Waals surface area contributed by atoms with Gasteiger partial charge in [0.2, 0.25) is 0 Å². The zero-order valence-corrected chi connectivity index (χ0v) is 11.1. The molecule has 2 nitrogen and oxygen atoms in total. The summed E-state index contributed by atoms with van der Waals surface area (Å²) in [4.78, 5) is 0. The molecule has 0 aliphatic rings. The van der Waals surface area contributed by atoms with Crippen LogP contribution in [-0.2, 0) is 25.3 Å². The van der Waals surface area contributed by atoms with Crippen molar-refractivity contribution in [2.75, 3.05) is 13.1 Å². The Bertz CT molecular complexity index is 164. The topological polar surface area (TPSA) is 24.1 Å². The van der Waals surface area contributed by atoms with Crippen LogP contribution in [-0.4, -0.2) is 21.7 Å². The molecule has 14 heavy (non-hydrogen) atoms. The van der Waals surface area contributed by atoms with Gasteiger partial charge in [0.05, 0.1) is 0 Å². The highest BCUT2D eigenvalue weighted by molar-refractivity contribution is 8.00. The lowest BCUT2D eigenvalue weighted by Gasteiger charge is -2.10. The van der Waals surface area contributed by atoms with Gasteiger partial charge in [-0.3, -0.25) is 0 Å². The first-order valence-corrected chi connectivity index (χ1v) is 6.16. The molecule has 0 fully saturated rings. The molecule has 0 bridgehead atoms. The van der Waals surface area contributed by atoms with Crippen molar-refractivity contribution in [3.8, 4) is 0 Å². The van der Waals surface area contributed by atoms with Gasteiger partial charge in [-0.2, -0.15) is 0 Å². The van der Waals surface area contributed by atoms with E-state index in [0.717, 1.165) is 25.9 Å². The van der Waals surface area contributed by atoms with Gasteiger partial charge >= 0.3 is 0 Å². The summed E-state index contributed by atoms with van der Waals surface area (Å²) in [5.41, 5.74) is 0. The molecule has 0 aromatic heterocycles. The number of thiocarbonyl (C=S) groups is 2. The summed E-state index contributed by atoms with van der Waals surface area (Å²) in [5, 5.41) is 5.90. The van der Waals surface area contributed by atoms with E-state index < -0.39 is 0 Å². The Balaban J connectivity index is 2.99. The highest BCUT2D eigenvalue weighted by Crippen LogP contribution is 1.97. The van der Waals surface area contributed by atoms with Crippen molar-refractivity contribution in [1.29, 1.82) is 0 Å². The Morgan fingerprint density at radius 3 is 1.43 bits per heavy atom. The zero-order valence-electron chi connectivity index (χ0n) is 7.88. The summed E-state index contributed by atoms with van der Waals surface area (Å²) in [7, 11) is 0. The van der Waals surface area contributed by atoms with E-state index in [-0.39, 0.29) is 0 Å². The van der Waals surface area contributed by atoms with Crippen LogP contribution in [0.25, 0.3) is 0 Å². The third-order valence-electron chi connectivity index (χ3n) is 1.64. The fourth-order valence-electron chi connectivity index (χ4n) is 0.984. The number of unbranched alkanes of at least 4 members (excludes halogenated alkanes) is 3. The molecular weight excluding hydrogens is 252 g/mol. The van der Waals surface area contributed by atoms with Gasteiger partial charge in [-0.1, -0.05) is 21.5 Å². The van der Waals surface area contributed by atoms with Crippen molar-refractivity contribution in [3.63, 3.8) is 0 Å². The monoisotopic (exact) mass is 266 g/mol. The SMILES string of the molecule is S=C([S-])NCCCCCCNC(=S)[S-]. The first-order chi connectivity index (χ1) is 6.63. The van der Waals surface area contributed by atoms with Crippen LogP contribution < -0.4 is 10.6 Å². The lowest BCUT2D eigenvalue weighted by molar-refractivity contribution is 0.628.